The Morgan fingerprint density at radius 1 is 1.00 bits per heavy atom. The number of halogens is 1. The van der Waals surface area contributed by atoms with Gasteiger partial charge in [0.2, 0.25) is 0 Å². The molecular weight excluding hydrogens is 451 g/mol. The number of esters is 1. The molecule has 1 heterocycles. The minimum absolute atomic E-state index is 0.00354. The number of hydrogen-bond donors (Lipinski definition) is 0. The molecule has 0 saturated heterocycles. The summed E-state index contributed by atoms with van der Waals surface area (Å²) in [4.78, 5) is 26.7. The van der Waals surface area contributed by atoms with Crippen molar-refractivity contribution in [1.29, 1.82) is 0 Å². The highest BCUT2D eigenvalue weighted by molar-refractivity contribution is 7.94. The molecule has 0 radical (unpaired) electrons. The number of sulfonamides is 1. The Hall–Kier alpha value is -3.92. The molecule has 0 spiro atoms. The highest BCUT2D eigenvalue weighted by Crippen LogP contribution is 2.38. The highest BCUT2D eigenvalue weighted by atomic mass is 32.2. The molecule has 170 valence electrons. The largest absolute Gasteiger partial charge is 0.496 e. The predicted molar refractivity (Wildman–Crippen MR) is 118 cm³/mol. The first-order chi connectivity index (χ1) is 15.8. The van der Waals surface area contributed by atoms with Crippen LogP contribution in [-0.2, 0) is 21.3 Å². The number of carbonyl (C=O) groups is 2. The molecule has 3 aromatic rings. The van der Waals surface area contributed by atoms with Crippen LogP contribution in [0.2, 0.25) is 0 Å². The number of fused-ring (bicyclic) bond motifs is 1. The molecule has 10 heteroatoms. The van der Waals surface area contributed by atoms with E-state index in [1.807, 2.05) is 0 Å². The van der Waals surface area contributed by atoms with Gasteiger partial charge in [-0.05, 0) is 54.6 Å². The number of methoxy groups -OCH3 is 2. The zero-order chi connectivity index (χ0) is 23.8. The van der Waals surface area contributed by atoms with Gasteiger partial charge < -0.3 is 9.47 Å². The lowest BCUT2D eigenvalue weighted by atomic mass is 10.1. The maximum atomic E-state index is 13.5. The second-order valence-electron chi connectivity index (χ2n) is 7.10. The van der Waals surface area contributed by atoms with Crippen molar-refractivity contribution in [1.82, 2.24) is 0 Å². The van der Waals surface area contributed by atoms with Gasteiger partial charge in [-0.1, -0.05) is 12.1 Å². The molecule has 0 bridgehead atoms. The quantitative estimate of drug-likeness (QED) is 0.524. The van der Waals surface area contributed by atoms with Crippen LogP contribution >= 0.6 is 0 Å². The van der Waals surface area contributed by atoms with Crippen LogP contribution in [-0.4, -0.2) is 34.6 Å². The predicted octanol–water partition coefficient (Wildman–Crippen LogP) is 3.96. The molecule has 4 rings (SSSR count). The smallest absolute Gasteiger partial charge is 0.343 e. The molecule has 1 aliphatic heterocycles. The Kier molecular flexibility index (Phi) is 5.77. The van der Waals surface area contributed by atoms with E-state index in [0.717, 1.165) is 12.1 Å². The summed E-state index contributed by atoms with van der Waals surface area (Å²) in [6.45, 7) is -0.100. The van der Waals surface area contributed by atoms with E-state index >= 15 is 0 Å². The van der Waals surface area contributed by atoms with Gasteiger partial charge in [-0.3, -0.25) is 4.90 Å². The fourth-order valence-electron chi connectivity index (χ4n) is 3.61. The molecule has 0 atom stereocenters. The molecule has 0 N–H and O–H groups in total. The van der Waals surface area contributed by atoms with Crippen molar-refractivity contribution in [3.8, 4) is 5.75 Å². The minimum atomic E-state index is -4.25. The molecule has 0 unspecified atom stereocenters. The van der Waals surface area contributed by atoms with E-state index < -0.39 is 27.8 Å². The molecular formula is C23H19FN2O6S. The average molecular weight is 470 g/mol. The number of benzene rings is 3. The maximum Gasteiger partial charge on any atom is 0.343 e. The van der Waals surface area contributed by atoms with E-state index in [9.17, 15) is 22.4 Å². The molecule has 0 aromatic heterocycles. The van der Waals surface area contributed by atoms with Gasteiger partial charge in [-0.15, -0.1) is 0 Å². The average Bonchev–Trinajstić information content (AvgIpc) is 2.82. The maximum absolute atomic E-state index is 13.5. The van der Waals surface area contributed by atoms with E-state index in [0.29, 0.717) is 15.6 Å². The van der Waals surface area contributed by atoms with Crippen LogP contribution in [0.1, 0.15) is 15.9 Å². The third-order valence-electron chi connectivity index (χ3n) is 5.17. The van der Waals surface area contributed by atoms with Gasteiger partial charge in [0.05, 0.1) is 37.7 Å². The summed E-state index contributed by atoms with van der Waals surface area (Å²) in [7, 11) is -1.56. The van der Waals surface area contributed by atoms with Crippen LogP contribution in [0.5, 0.6) is 5.75 Å². The molecule has 8 nitrogen and oxygen atoms in total. The number of anilines is 2. The Morgan fingerprint density at radius 3 is 2.36 bits per heavy atom. The number of urea groups is 1. The third kappa shape index (κ3) is 3.89. The molecule has 0 saturated carbocycles. The number of nitrogens with zero attached hydrogens (tertiary/aromatic N) is 2. The topological polar surface area (TPSA) is 93.2 Å². The van der Waals surface area contributed by atoms with E-state index in [1.165, 1.54) is 55.5 Å². The van der Waals surface area contributed by atoms with Crippen LogP contribution in [0.3, 0.4) is 0 Å². The normalized spacial score (nSPS) is 14.6. The number of para-hydroxylation sites is 1. The van der Waals surface area contributed by atoms with E-state index in [4.69, 9.17) is 9.47 Å². The number of hydrogen-bond acceptors (Lipinski definition) is 6. The lowest BCUT2D eigenvalue weighted by molar-refractivity contribution is 0.0600. The number of carbonyl (C=O) groups excluding carboxylic acids is 2. The second kappa shape index (κ2) is 8.55. The van der Waals surface area contributed by atoms with Crippen molar-refractivity contribution in [3.63, 3.8) is 0 Å². The van der Waals surface area contributed by atoms with Crippen LogP contribution in [0, 0.1) is 5.82 Å². The van der Waals surface area contributed by atoms with Gasteiger partial charge >= 0.3 is 12.0 Å². The fourth-order valence-corrected chi connectivity index (χ4v) is 5.20. The summed E-state index contributed by atoms with van der Waals surface area (Å²) in [6, 6.07) is 14.4. The highest BCUT2D eigenvalue weighted by Gasteiger charge is 2.42. The molecule has 1 aliphatic rings. The van der Waals surface area contributed by atoms with Gasteiger partial charge in [-0.25, -0.2) is 22.4 Å². The summed E-state index contributed by atoms with van der Waals surface area (Å²) < 4.78 is 50.8. The van der Waals surface area contributed by atoms with Gasteiger partial charge in [0.25, 0.3) is 10.0 Å². The first kappa shape index (κ1) is 22.3. The van der Waals surface area contributed by atoms with Crippen molar-refractivity contribution < 1.29 is 31.9 Å². The summed E-state index contributed by atoms with van der Waals surface area (Å²) in [5.41, 5.74) is 0.874. The monoisotopic (exact) mass is 470 g/mol. The van der Waals surface area contributed by atoms with E-state index in [1.54, 1.807) is 18.2 Å². The van der Waals surface area contributed by atoms with Crippen molar-refractivity contribution in [3.05, 3.63) is 83.7 Å². The number of rotatable bonds is 5. The summed E-state index contributed by atoms with van der Waals surface area (Å²) in [5.74, 6) is -0.739. The SMILES string of the molecule is COC(=O)c1ccc(OC)c(CN2C(=O)N(c3ccc(F)cc3)S(=O)(=O)c3ccccc32)c1. The van der Waals surface area contributed by atoms with Crippen LogP contribution < -0.4 is 13.9 Å². The molecule has 0 aliphatic carbocycles. The fraction of sp³-hybridized carbons (Fsp3) is 0.130. The Morgan fingerprint density at radius 2 is 1.70 bits per heavy atom. The first-order valence-corrected chi connectivity index (χ1v) is 11.2. The third-order valence-corrected chi connectivity index (χ3v) is 6.92. The second-order valence-corrected chi connectivity index (χ2v) is 8.86. The van der Waals surface area contributed by atoms with Gasteiger partial charge in [0, 0.05) is 5.56 Å². The molecule has 0 fully saturated rings. The van der Waals surface area contributed by atoms with Crippen molar-refractivity contribution in [2.24, 2.45) is 0 Å². The van der Waals surface area contributed by atoms with E-state index in [2.05, 4.69) is 0 Å². The van der Waals surface area contributed by atoms with Crippen LogP contribution in [0.15, 0.2) is 71.6 Å². The summed E-state index contributed by atoms with van der Waals surface area (Å²) >= 11 is 0. The first-order valence-electron chi connectivity index (χ1n) is 9.74. The van der Waals surface area contributed by atoms with Crippen molar-refractivity contribution in [2.75, 3.05) is 23.4 Å². The zero-order valence-corrected chi connectivity index (χ0v) is 18.5. The van der Waals surface area contributed by atoms with Gasteiger partial charge in [0.15, 0.2) is 0 Å². The Labute approximate surface area is 189 Å². The van der Waals surface area contributed by atoms with Gasteiger partial charge in [-0.2, -0.15) is 4.31 Å². The van der Waals surface area contributed by atoms with Crippen LogP contribution in [0.4, 0.5) is 20.6 Å². The standard InChI is InChI=1S/C23H19FN2O6S/c1-31-20-12-7-15(22(27)32-2)13-16(20)14-25-19-5-3-4-6-21(19)33(29,30)26(23(25)28)18-10-8-17(24)9-11-18/h3-13H,14H2,1-2H3. The van der Waals surface area contributed by atoms with E-state index in [-0.39, 0.29) is 28.4 Å². The summed E-state index contributed by atoms with van der Waals surface area (Å²) in [5, 5.41) is 0. The lowest BCUT2D eigenvalue weighted by Gasteiger charge is -2.36. The zero-order valence-electron chi connectivity index (χ0n) is 17.7. The van der Waals surface area contributed by atoms with Gasteiger partial charge in [0.1, 0.15) is 16.5 Å². The number of ether oxygens (including phenoxy) is 2. The Bertz CT molecular complexity index is 1340. The lowest BCUT2D eigenvalue weighted by Crippen LogP contribution is -2.50. The molecule has 33 heavy (non-hydrogen) atoms. The molecule has 2 amide bonds. The van der Waals surface area contributed by atoms with Crippen LogP contribution in [0.25, 0.3) is 0 Å². The Balaban J connectivity index is 1.86. The number of amides is 2. The van der Waals surface area contributed by atoms with Crippen molar-refractivity contribution in [2.45, 2.75) is 11.4 Å². The van der Waals surface area contributed by atoms with Crippen molar-refractivity contribution >= 4 is 33.4 Å². The summed E-state index contributed by atoms with van der Waals surface area (Å²) in [6.07, 6.45) is 0. The minimum Gasteiger partial charge on any atom is -0.496 e. The molecule has 3 aromatic carbocycles.